The Kier molecular flexibility index (Phi) is 47.5. The Morgan fingerprint density at radius 3 is 0.237 bits per heavy atom. The molecule has 0 spiro atoms. The van der Waals surface area contributed by atoms with Crippen molar-refractivity contribution in [3.63, 3.8) is 0 Å². The summed E-state index contributed by atoms with van der Waals surface area (Å²) < 4.78 is 21.9. The average Bonchev–Trinajstić information content (AvgIpc) is 3.44. The van der Waals surface area contributed by atoms with Crippen molar-refractivity contribution in [3.8, 4) is 0 Å². The first-order valence-electron chi connectivity index (χ1n) is 23.8. The maximum Gasteiger partial charge on any atom is 0.214 e. The summed E-state index contributed by atoms with van der Waals surface area (Å²) in [6.45, 7) is 7.56. The molecule has 2 radical (unpaired) electrons. The van der Waals surface area contributed by atoms with Crippen molar-refractivity contribution >= 4 is 175 Å². The van der Waals surface area contributed by atoms with Crippen molar-refractivity contribution in [3.05, 3.63) is 0 Å². The van der Waals surface area contributed by atoms with Crippen LogP contribution in [0.4, 0.5) is 0 Å². The van der Waals surface area contributed by atoms with Crippen LogP contribution in [-0.2, 0) is 205 Å². The molecular weight excluding hydrogens is 1420 g/mol. The summed E-state index contributed by atoms with van der Waals surface area (Å²) in [4.78, 5) is 324. The van der Waals surface area contributed by atoms with Gasteiger partial charge in [0.15, 0.2) is 119 Å². The fourth-order valence-corrected chi connectivity index (χ4v) is 5.17. The van der Waals surface area contributed by atoms with Gasteiger partial charge in [0.25, 0.3) is 0 Å². The van der Waals surface area contributed by atoms with E-state index in [9.17, 15) is 195 Å². The molecule has 0 aromatic heterocycles. The summed E-state index contributed by atoms with van der Waals surface area (Å²) in [6.07, 6.45) is -23.0. The molecule has 0 amide bonds. The molecule has 0 aromatic rings. The largest absolute Gasteiger partial charge is 0.542 e. The van der Waals surface area contributed by atoms with Gasteiger partial charge in [-0.25, -0.2) is 0 Å². The molecule has 0 N–H and O–H groups in total. The standard InChI is InChI=1S/5C10H10O9.2V/c5*1-3(11)7(5(13)9(15)16)19-8(4(2)12)6(14)10(17)18;;/h5*7-8H,1-2H3,(H,15,16)(H,17,18);;/p-10. The van der Waals surface area contributed by atoms with Gasteiger partial charge in [0.05, 0.1) is 0 Å². The van der Waals surface area contributed by atoms with E-state index in [0.717, 1.165) is 69.2 Å². The van der Waals surface area contributed by atoms with Crippen LogP contribution in [0.2, 0.25) is 0 Å². The topological polar surface area (TPSA) is 789 Å². The van der Waals surface area contributed by atoms with Gasteiger partial charge in [0, 0.05) is 37.1 Å². The number of hydrogen-bond donors (Lipinski definition) is 0. The predicted molar refractivity (Wildman–Crippen MR) is 250 cm³/mol. The summed E-state index contributed by atoms with van der Waals surface area (Å²) in [5.41, 5.74) is 0. The van der Waals surface area contributed by atoms with E-state index in [4.69, 9.17) is 0 Å². The minimum Gasteiger partial charge on any atom is -0.542 e. The van der Waals surface area contributed by atoms with Gasteiger partial charge >= 0.3 is 0 Å². The van der Waals surface area contributed by atoms with E-state index in [1.54, 1.807) is 0 Å². The van der Waals surface area contributed by atoms with Crippen LogP contribution in [0.15, 0.2) is 0 Å². The van der Waals surface area contributed by atoms with Crippen molar-refractivity contribution in [2.75, 3.05) is 0 Å². The van der Waals surface area contributed by atoms with Crippen molar-refractivity contribution in [2.45, 2.75) is 130 Å². The van der Waals surface area contributed by atoms with Gasteiger partial charge < -0.3 is 123 Å². The predicted octanol–water partition coefficient (Wildman–Crippen LogP) is -22.2. The Labute approximate surface area is 559 Å². The van der Waals surface area contributed by atoms with E-state index >= 15 is 0 Å². The van der Waals surface area contributed by atoms with E-state index in [1.807, 2.05) is 0 Å². The van der Waals surface area contributed by atoms with E-state index in [1.165, 1.54) is 0 Å². The van der Waals surface area contributed by atoms with Crippen molar-refractivity contribution in [1.29, 1.82) is 0 Å². The van der Waals surface area contributed by atoms with Crippen molar-refractivity contribution in [1.82, 2.24) is 0 Å². The number of Topliss-reactive ketones (excluding diaryl/α,β-unsaturated/α-hetero) is 20. The molecule has 0 fully saturated rings. The number of carbonyl (C=O) groups excluding carboxylic acids is 30. The fraction of sp³-hybridized carbons (Fsp3) is 0.400. The quantitative estimate of drug-likeness (QED) is 0.0406. The molecule has 47 heteroatoms. The Morgan fingerprint density at radius 1 is 0.155 bits per heavy atom. The van der Waals surface area contributed by atoms with E-state index in [-0.39, 0.29) is 37.1 Å². The zero-order valence-electron chi connectivity index (χ0n) is 50.0. The van der Waals surface area contributed by atoms with Gasteiger partial charge in [0.1, 0.15) is 59.7 Å². The zero-order valence-corrected chi connectivity index (χ0v) is 52.8. The molecule has 10 atom stereocenters. The van der Waals surface area contributed by atoms with Crippen LogP contribution in [0.5, 0.6) is 0 Å². The van der Waals surface area contributed by atoms with Crippen molar-refractivity contribution < 1.29 is 256 Å². The molecule has 0 aliphatic rings. The van der Waals surface area contributed by atoms with Gasteiger partial charge in [-0.3, -0.25) is 95.9 Å². The van der Waals surface area contributed by atoms with Gasteiger partial charge in [-0.1, -0.05) is 0 Å². The van der Waals surface area contributed by atoms with Crippen LogP contribution in [0, 0.1) is 0 Å². The summed E-state index contributed by atoms with van der Waals surface area (Å²) in [6, 6.07) is 0. The fourth-order valence-electron chi connectivity index (χ4n) is 5.17. The van der Waals surface area contributed by atoms with E-state index in [2.05, 4.69) is 23.7 Å². The Bertz CT molecular complexity index is 2610. The summed E-state index contributed by atoms with van der Waals surface area (Å²) in [5.74, 6) is -52.4. The number of rotatable bonds is 40. The third-order valence-corrected chi connectivity index (χ3v) is 9.45. The molecule has 45 nitrogen and oxygen atoms in total. The number of aliphatic carboxylic acids is 10. The summed E-state index contributed by atoms with van der Waals surface area (Å²) in [5, 5.41) is 103. The Balaban J connectivity index is -0.000000208. The second-order valence-electron chi connectivity index (χ2n) is 17.1. The monoisotopic (exact) mass is 1460 g/mol. The van der Waals surface area contributed by atoms with E-state index < -0.39 is 236 Å². The Morgan fingerprint density at radius 2 is 0.206 bits per heavy atom. The average molecular weight is 1460 g/mol. The maximum absolute atomic E-state index is 11.0. The van der Waals surface area contributed by atoms with Crippen LogP contribution < -0.4 is 51.1 Å². The second kappa shape index (κ2) is 46.2. The van der Waals surface area contributed by atoms with Gasteiger partial charge in [-0.2, -0.15) is 0 Å². The number of carboxylic acid groups (broad SMARTS) is 10. The van der Waals surface area contributed by atoms with Crippen molar-refractivity contribution in [2.24, 2.45) is 0 Å². The number of ketones is 20. The Hall–Kier alpha value is -10.9. The molecule has 0 saturated carbocycles. The molecule has 530 valence electrons. The molecule has 97 heavy (non-hydrogen) atoms. The number of carbonyl (C=O) groups is 30. The molecular formula is C50H40O45V2-10. The van der Waals surface area contributed by atoms with Crippen LogP contribution in [-0.4, -0.2) is 236 Å². The molecule has 0 rings (SSSR count). The van der Waals surface area contributed by atoms with Crippen LogP contribution in [0.3, 0.4) is 0 Å². The third kappa shape index (κ3) is 35.2. The number of carboxylic acids is 10. The molecule has 0 aliphatic carbocycles. The first-order chi connectivity index (χ1) is 42.9. The second-order valence-corrected chi connectivity index (χ2v) is 17.1. The number of ether oxygens (including phenoxy) is 5. The minimum atomic E-state index is -2.30. The van der Waals surface area contributed by atoms with Crippen LogP contribution >= 0.6 is 0 Å². The molecule has 0 bridgehead atoms. The van der Waals surface area contributed by atoms with Gasteiger partial charge in [0.2, 0.25) is 57.8 Å². The van der Waals surface area contributed by atoms with Gasteiger partial charge in [-0.05, 0) is 69.2 Å². The molecule has 0 aliphatic heterocycles. The van der Waals surface area contributed by atoms with Crippen LogP contribution in [0.1, 0.15) is 69.2 Å². The van der Waals surface area contributed by atoms with Gasteiger partial charge in [-0.15, -0.1) is 0 Å². The maximum atomic E-state index is 11.0. The van der Waals surface area contributed by atoms with E-state index in [0.29, 0.717) is 0 Å². The molecule has 10 unspecified atom stereocenters. The zero-order chi connectivity index (χ0) is 76.6. The SMILES string of the molecule is CC(=O)C(OC(C(C)=O)C(=O)C(=O)[O-])C(=O)C(=O)[O-].CC(=O)C(OC(C(C)=O)C(=O)C(=O)[O-])C(=O)C(=O)[O-].CC(=O)C(OC(C(C)=O)C(=O)C(=O)[O-])C(=O)C(=O)[O-].CC(=O)C(OC(C(C)=O)C(=O)C(=O)[O-])C(=O)C(=O)[O-].CC(=O)C(OC(C(C)=O)C(=O)C(=O)[O-])C(=O)C(=O)[O-].[V].[V]. The number of hydrogen-bond acceptors (Lipinski definition) is 45. The summed E-state index contributed by atoms with van der Waals surface area (Å²) in [7, 11) is 0. The molecule has 0 heterocycles. The third-order valence-electron chi connectivity index (χ3n) is 9.45. The smallest absolute Gasteiger partial charge is 0.214 e. The van der Waals surface area contributed by atoms with Crippen LogP contribution in [0.25, 0.3) is 0 Å². The first kappa shape index (κ1) is 99.6. The normalized spacial score (nSPS) is 12.9. The molecule has 0 saturated heterocycles. The first-order valence-corrected chi connectivity index (χ1v) is 23.8. The summed E-state index contributed by atoms with van der Waals surface area (Å²) >= 11 is 0. The molecule has 0 aromatic carbocycles. The minimum absolute atomic E-state index is 0.